The van der Waals surface area contributed by atoms with Gasteiger partial charge in [-0.1, -0.05) is 48.5 Å². The highest BCUT2D eigenvalue weighted by atomic mass is 16.3. The molecule has 0 radical (unpaired) electrons. The molecule has 0 spiro atoms. The average Bonchev–Trinajstić information content (AvgIpc) is 2.92. The molecule has 0 atom stereocenters. The van der Waals surface area contributed by atoms with E-state index in [-0.39, 0.29) is 11.3 Å². The van der Waals surface area contributed by atoms with Gasteiger partial charge in [-0.15, -0.1) is 0 Å². The number of aromatic nitrogens is 2. The van der Waals surface area contributed by atoms with Gasteiger partial charge in [-0.2, -0.15) is 0 Å². The fourth-order valence-corrected chi connectivity index (χ4v) is 3.46. The van der Waals surface area contributed by atoms with Crippen LogP contribution >= 0.6 is 0 Å². The molecule has 0 aliphatic heterocycles. The number of phenols is 1. The number of hydrogen-bond acceptors (Lipinski definition) is 3. The molecule has 1 heterocycles. The van der Waals surface area contributed by atoms with Crippen LogP contribution in [0.3, 0.4) is 0 Å². The normalized spacial score (nSPS) is 11.9. The molecular weight excluding hydrogens is 350 g/mol. The van der Waals surface area contributed by atoms with E-state index in [0.717, 1.165) is 22.2 Å². The molecule has 0 saturated carbocycles. The lowest BCUT2D eigenvalue weighted by molar-refractivity contribution is 0.480. The molecule has 1 N–H and O–H groups in total. The fraction of sp³-hybridized carbons (Fsp3) is 0.130. The first-order valence-corrected chi connectivity index (χ1v) is 9.09. The second-order valence-corrected chi connectivity index (χ2v) is 6.79. The Morgan fingerprint density at radius 1 is 0.964 bits per heavy atom. The second-order valence-electron chi connectivity index (χ2n) is 6.79. The monoisotopic (exact) mass is 371 g/mol. The van der Waals surface area contributed by atoms with Crippen molar-refractivity contribution in [3.63, 3.8) is 0 Å². The maximum atomic E-state index is 13.0. The smallest absolute Gasteiger partial charge is 0.297 e. The minimum Gasteiger partial charge on any atom is -0.507 e. The van der Waals surface area contributed by atoms with Crippen LogP contribution in [0.2, 0.25) is 0 Å². The highest BCUT2D eigenvalue weighted by Crippen LogP contribution is 2.30. The van der Waals surface area contributed by atoms with Crippen LogP contribution in [0, 0.1) is 6.92 Å². The molecule has 5 nitrogen and oxygen atoms in total. The van der Waals surface area contributed by atoms with Crippen molar-refractivity contribution in [1.82, 2.24) is 9.36 Å². The maximum Gasteiger partial charge on any atom is 0.297 e. The summed E-state index contributed by atoms with van der Waals surface area (Å²) in [6, 6.07) is 20.9. The van der Waals surface area contributed by atoms with Crippen molar-refractivity contribution in [3.05, 3.63) is 88.3 Å². The van der Waals surface area contributed by atoms with E-state index < -0.39 is 0 Å². The third-order valence-corrected chi connectivity index (χ3v) is 5.09. The molecule has 4 aromatic rings. The molecule has 0 aliphatic carbocycles. The molecule has 0 fully saturated rings. The summed E-state index contributed by atoms with van der Waals surface area (Å²) in [5.74, 6) is 0.177. The number of aliphatic imine (C=N–C) groups is 1. The molecule has 140 valence electrons. The van der Waals surface area contributed by atoms with E-state index in [1.807, 2.05) is 87.6 Å². The first kappa shape index (κ1) is 17.8. The Kier molecular flexibility index (Phi) is 4.35. The van der Waals surface area contributed by atoms with Crippen LogP contribution in [0.15, 0.2) is 76.5 Å². The highest BCUT2D eigenvalue weighted by molar-refractivity contribution is 6.07. The first-order chi connectivity index (χ1) is 13.5. The van der Waals surface area contributed by atoms with Gasteiger partial charge in [-0.25, -0.2) is 9.67 Å². The predicted molar refractivity (Wildman–Crippen MR) is 113 cm³/mol. The van der Waals surface area contributed by atoms with Crippen molar-refractivity contribution < 1.29 is 5.11 Å². The number of hydrogen-bond donors (Lipinski definition) is 1. The summed E-state index contributed by atoms with van der Waals surface area (Å²) in [6.07, 6.45) is 0. The van der Waals surface area contributed by atoms with E-state index in [9.17, 15) is 9.90 Å². The SMILES string of the molecule is CC(=Nc1c(C)n(C)n(-c2ccccc2)c1=O)c1ccc2ccccc2c1O. The summed E-state index contributed by atoms with van der Waals surface area (Å²) in [5.41, 5.74) is 2.93. The van der Waals surface area contributed by atoms with Crippen molar-refractivity contribution in [2.75, 3.05) is 0 Å². The Morgan fingerprint density at radius 2 is 1.64 bits per heavy atom. The van der Waals surface area contributed by atoms with Gasteiger partial charge in [0.15, 0.2) is 5.69 Å². The Hall–Kier alpha value is -3.60. The van der Waals surface area contributed by atoms with E-state index in [1.54, 1.807) is 9.36 Å². The van der Waals surface area contributed by atoms with Crippen molar-refractivity contribution >= 4 is 22.2 Å². The van der Waals surface area contributed by atoms with Crippen molar-refractivity contribution in [2.24, 2.45) is 12.0 Å². The summed E-state index contributed by atoms with van der Waals surface area (Å²) in [7, 11) is 1.84. The molecule has 0 amide bonds. The Morgan fingerprint density at radius 3 is 2.39 bits per heavy atom. The number of para-hydroxylation sites is 1. The number of benzene rings is 3. The van der Waals surface area contributed by atoms with Gasteiger partial charge in [0.1, 0.15) is 5.75 Å². The lowest BCUT2D eigenvalue weighted by Gasteiger charge is -2.08. The minimum atomic E-state index is -0.189. The molecule has 28 heavy (non-hydrogen) atoms. The summed E-state index contributed by atoms with van der Waals surface area (Å²) in [5, 5.41) is 12.4. The van der Waals surface area contributed by atoms with Crippen LogP contribution in [-0.2, 0) is 7.05 Å². The summed E-state index contributed by atoms with van der Waals surface area (Å²) in [4.78, 5) is 17.7. The van der Waals surface area contributed by atoms with Gasteiger partial charge in [0.2, 0.25) is 0 Å². The third kappa shape index (κ3) is 2.81. The van der Waals surface area contributed by atoms with Crippen LogP contribution < -0.4 is 5.56 Å². The van der Waals surface area contributed by atoms with Crippen LogP contribution in [-0.4, -0.2) is 20.2 Å². The Bertz CT molecular complexity index is 1260. The van der Waals surface area contributed by atoms with Gasteiger partial charge in [0.25, 0.3) is 5.56 Å². The third-order valence-electron chi connectivity index (χ3n) is 5.09. The largest absolute Gasteiger partial charge is 0.507 e. The molecule has 3 aromatic carbocycles. The standard InChI is InChI=1S/C23H21N3O2/c1-15(19-14-13-17-9-7-8-12-20(17)22(19)27)24-21-16(2)25(3)26(23(21)28)18-10-5-4-6-11-18/h4-14,27H,1-3H3. The molecule has 0 aliphatic rings. The zero-order chi connectivity index (χ0) is 19.8. The number of nitrogens with zero attached hydrogens (tertiary/aromatic N) is 3. The van der Waals surface area contributed by atoms with E-state index in [0.29, 0.717) is 17.0 Å². The van der Waals surface area contributed by atoms with Crippen molar-refractivity contribution in [2.45, 2.75) is 13.8 Å². The zero-order valence-electron chi connectivity index (χ0n) is 16.0. The number of rotatable bonds is 3. The number of aromatic hydroxyl groups is 1. The molecular formula is C23H21N3O2. The van der Waals surface area contributed by atoms with E-state index >= 15 is 0 Å². The van der Waals surface area contributed by atoms with Gasteiger partial charge in [0, 0.05) is 23.7 Å². The second kappa shape index (κ2) is 6.85. The highest BCUT2D eigenvalue weighted by Gasteiger charge is 2.17. The molecule has 5 heteroatoms. The Balaban J connectivity index is 1.86. The lowest BCUT2D eigenvalue weighted by atomic mass is 10.0. The van der Waals surface area contributed by atoms with Crippen LogP contribution in [0.1, 0.15) is 18.2 Å². The molecule has 0 unspecified atom stereocenters. The van der Waals surface area contributed by atoms with Crippen LogP contribution in [0.4, 0.5) is 5.69 Å². The lowest BCUT2D eigenvalue weighted by Crippen LogP contribution is -2.19. The first-order valence-electron chi connectivity index (χ1n) is 9.09. The molecule has 0 bridgehead atoms. The topological polar surface area (TPSA) is 59.5 Å². The quantitative estimate of drug-likeness (QED) is 0.540. The number of phenolic OH excluding ortho intramolecular Hbond substituents is 1. The number of fused-ring (bicyclic) bond motifs is 1. The summed E-state index contributed by atoms with van der Waals surface area (Å²) >= 11 is 0. The minimum absolute atomic E-state index is 0.177. The van der Waals surface area contributed by atoms with Gasteiger partial charge in [0.05, 0.1) is 11.4 Å². The molecule has 1 aromatic heterocycles. The van der Waals surface area contributed by atoms with E-state index in [2.05, 4.69) is 4.99 Å². The van der Waals surface area contributed by atoms with Crippen molar-refractivity contribution in [1.29, 1.82) is 0 Å². The predicted octanol–water partition coefficient (Wildman–Crippen LogP) is 4.48. The van der Waals surface area contributed by atoms with Crippen LogP contribution in [0.25, 0.3) is 16.5 Å². The molecule has 4 rings (SSSR count). The van der Waals surface area contributed by atoms with Gasteiger partial charge < -0.3 is 5.11 Å². The van der Waals surface area contributed by atoms with Gasteiger partial charge >= 0.3 is 0 Å². The van der Waals surface area contributed by atoms with E-state index in [4.69, 9.17) is 0 Å². The van der Waals surface area contributed by atoms with Gasteiger partial charge in [-0.05, 0) is 37.4 Å². The summed E-state index contributed by atoms with van der Waals surface area (Å²) in [6.45, 7) is 3.68. The zero-order valence-corrected chi connectivity index (χ0v) is 16.0. The van der Waals surface area contributed by atoms with Crippen molar-refractivity contribution in [3.8, 4) is 11.4 Å². The fourth-order valence-electron chi connectivity index (χ4n) is 3.46. The molecule has 0 saturated heterocycles. The maximum absolute atomic E-state index is 13.0. The average molecular weight is 371 g/mol. The van der Waals surface area contributed by atoms with Crippen LogP contribution in [0.5, 0.6) is 5.75 Å². The Labute approximate surface area is 162 Å². The van der Waals surface area contributed by atoms with Gasteiger partial charge in [-0.3, -0.25) is 9.48 Å². The summed E-state index contributed by atoms with van der Waals surface area (Å²) < 4.78 is 3.39. The van der Waals surface area contributed by atoms with E-state index in [1.165, 1.54) is 0 Å².